The van der Waals surface area contributed by atoms with Crippen LogP contribution in [0.2, 0.25) is 0 Å². The number of carbonyl (C=O) groups excluding carboxylic acids is 2. The van der Waals surface area contributed by atoms with Crippen molar-refractivity contribution in [2.75, 3.05) is 6.54 Å². The van der Waals surface area contributed by atoms with Gasteiger partial charge in [-0.15, -0.1) is 0 Å². The molecule has 0 unspecified atom stereocenters. The highest BCUT2D eigenvalue weighted by Gasteiger charge is 2.18. The number of rotatable bonds is 7. The molecule has 9 heteroatoms. The minimum atomic E-state index is -3.73. The summed E-state index contributed by atoms with van der Waals surface area (Å²) in [6.45, 7) is 5.69. The summed E-state index contributed by atoms with van der Waals surface area (Å²) in [5.74, 6) is -0.730. The van der Waals surface area contributed by atoms with Gasteiger partial charge in [-0.25, -0.2) is 13.1 Å². The first-order valence-corrected chi connectivity index (χ1v) is 11.3. The van der Waals surface area contributed by atoms with E-state index in [1.165, 1.54) is 12.1 Å². The van der Waals surface area contributed by atoms with Gasteiger partial charge in [-0.2, -0.15) is 0 Å². The van der Waals surface area contributed by atoms with Crippen LogP contribution in [0.3, 0.4) is 0 Å². The molecule has 3 N–H and O–H groups in total. The highest BCUT2D eigenvalue weighted by molar-refractivity contribution is 7.89. The van der Waals surface area contributed by atoms with Crippen molar-refractivity contribution in [2.24, 2.45) is 0 Å². The first kappa shape index (κ1) is 22.5. The third kappa shape index (κ3) is 5.31. The minimum Gasteiger partial charge on any atom is -0.451 e. The molecule has 0 aliphatic rings. The Hall–Kier alpha value is -3.17. The van der Waals surface area contributed by atoms with Crippen molar-refractivity contribution in [2.45, 2.75) is 38.0 Å². The van der Waals surface area contributed by atoms with Crippen molar-refractivity contribution in [1.29, 1.82) is 0 Å². The van der Waals surface area contributed by atoms with Crippen LogP contribution in [0.1, 0.15) is 47.9 Å². The molecule has 0 atom stereocenters. The largest absolute Gasteiger partial charge is 0.451 e. The fourth-order valence-electron chi connectivity index (χ4n) is 3.05. The third-order valence-corrected chi connectivity index (χ3v) is 6.34. The second-order valence-electron chi connectivity index (χ2n) is 7.43. The summed E-state index contributed by atoms with van der Waals surface area (Å²) in [4.78, 5) is 24.4. The van der Waals surface area contributed by atoms with Gasteiger partial charge < -0.3 is 4.42 Å². The van der Waals surface area contributed by atoms with Gasteiger partial charge in [0, 0.05) is 23.9 Å². The van der Waals surface area contributed by atoms with Crippen LogP contribution in [0.15, 0.2) is 57.8 Å². The van der Waals surface area contributed by atoms with Gasteiger partial charge in [0.25, 0.3) is 0 Å². The van der Waals surface area contributed by atoms with Gasteiger partial charge in [-0.3, -0.25) is 20.4 Å². The molecule has 8 nitrogen and oxygen atoms in total. The van der Waals surface area contributed by atoms with E-state index in [1.54, 1.807) is 31.2 Å². The van der Waals surface area contributed by atoms with E-state index in [0.29, 0.717) is 17.1 Å². The van der Waals surface area contributed by atoms with Gasteiger partial charge >= 0.3 is 5.91 Å². The Morgan fingerprint density at radius 1 is 1.00 bits per heavy atom. The summed E-state index contributed by atoms with van der Waals surface area (Å²) in [7, 11) is -3.73. The van der Waals surface area contributed by atoms with E-state index in [2.05, 4.69) is 15.6 Å². The molecule has 0 bridgehead atoms. The summed E-state index contributed by atoms with van der Waals surface area (Å²) in [5, 5.41) is 0.815. The van der Waals surface area contributed by atoms with Crippen LogP contribution in [-0.4, -0.2) is 26.8 Å². The number of hydrazine groups is 1. The van der Waals surface area contributed by atoms with Crippen molar-refractivity contribution in [1.82, 2.24) is 15.6 Å². The molecule has 0 spiro atoms. The number of hydrogen-bond acceptors (Lipinski definition) is 5. The van der Waals surface area contributed by atoms with Crippen molar-refractivity contribution in [3.63, 3.8) is 0 Å². The van der Waals surface area contributed by atoms with E-state index in [1.807, 2.05) is 26.0 Å². The van der Waals surface area contributed by atoms with Gasteiger partial charge in [-0.05, 0) is 36.6 Å². The molecule has 0 aliphatic carbocycles. The van der Waals surface area contributed by atoms with E-state index in [9.17, 15) is 18.0 Å². The predicted octanol–water partition coefficient (Wildman–Crippen LogP) is 2.99. The van der Waals surface area contributed by atoms with E-state index in [-0.39, 0.29) is 23.6 Å². The number of aryl methyl sites for hydroxylation is 1. The second kappa shape index (κ2) is 9.32. The van der Waals surface area contributed by atoms with Crippen LogP contribution in [0.4, 0.5) is 0 Å². The highest BCUT2D eigenvalue weighted by atomic mass is 32.2. The second-order valence-corrected chi connectivity index (χ2v) is 9.19. The zero-order valence-corrected chi connectivity index (χ0v) is 18.4. The number of amides is 2. The maximum absolute atomic E-state index is 12.3. The van der Waals surface area contributed by atoms with E-state index >= 15 is 0 Å². The number of sulfonamides is 1. The van der Waals surface area contributed by atoms with Gasteiger partial charge in [0.15, 0.2) is 5.76 Å². The average molecular weight is 444 g/mol. The van der Waals surface area contributed by atoms with Crippen LogP contribution in [-0.2, 0) is 14.8 Å². The Morgan fingerprint density at radius 2 is 1.68 bits per heavy atom. The molecule has 2 aromatic carbocycles. The first-order valence-electron chi connectivity index (χ1n) is 9.86. The monoisotopic (exact) mass is 443 g/mol. The maximum atomic E-state index is 12.3. The van der Waals surface area contributed by atoms with Crippen LogP contribution >= 0.6 is 0 Å². The zero-order chi connectivity index (χ0) is 22.6. The van der Waals surface area contributed by atoms with Crippen molar-refractivity contribution >= 4 is 32.8 Å². The molecular formula is C22H25N3O5S. The molecule has 1 heterocycles. The molecule has 164 valence electrons. The summed E-state index contributed by atoms with van der Waals surface area (Å²) in [6.07, 6.45) is -0.150. The van der Waals surface area contributed by atoms with Crippen LogP contribution in [0, 0.1) is 6.92 Å². The minimum absolute atomic E-state index is 0.104. The molecular weight excluding hydrogens is 418 g/mol. The Morgan fingerprint density at radius 3 is 2.32 bits per heavy atom. The fraction of sp³-hybridized carbons (Fsp3) is 0.273. The summed E-state index contributed by atoms with van der Waals surface area (Å²) in [5.41, 5.74) is 6.83. The van der Waals surface area contributed by atoms with Gasteiger partial charge in [-0.1, -0.05) is 44.2 Å². The number of nitrogens with one attached hydrogen (secondary N) is 3. The van der Waals surface area contributed by atoms with Gasteiger partial charge in [0.05, 0.1) is 4.90 Å². The van der Waals surface area contributed by atoms with Gasteiger partial charge in [0.2, 0.25) is 15.9 Å². The number of furan rings is 1. The Balaban J connectivity index is 1.49. The van der Waals surface area contributed by atoms with Crippen molar-refractivity contribution in [3.05, 3.63) is 65.4 Å². The topological polar surface area (TPSA) is 118 Å². The lowest BCUT2D eigenvalue weighted by Crippen LogP contribution is -2.42. The summed E-state index contributed by atoms with van der Waals surface area (Å²) in [6, 6.07) is 13.8. The summed E-state index contributed by atoms with van der Waals surface area (Å²) >= 11 is 0. The maximum Gasteiger partial charge on any atom is 0.305 e. The van der Waals surface area contributed by atoms with Crippen LogP contribution in [0.25, 0.3) is 11.0 Å². The SMILES string of the molecule is Cc1c(C(=O)NNC(=O)CCNS(=O)(=O)c2ccc(C(C)C)cc2)oc2ccccc12. The molecule has 0 saturated carbocycles. The predicted molar refractivity (Wildman–Crippen MR) is 117 cm³/mol. The fourth-order valence-corrected chi connectivity index (χ4v) is 4.08. The molecule has 0 aliphatic heterocycles. The molecule has 3 aromatic rings. The van der Waals surface area contributed by atoms with E-state index < -0.39 is 21.8 Å². The molecule has 0 saturated heterocycles. The Kier molecular flexibility index (Phi) is 6.77. The lowest BCUT2D eigenvalue weighted by Gasteiger charge is -2.10. The normalized spacial score (nSPS) is 11.6. The number of benzene rings is 2. The standard InChI is InChI=1S/C22H25N3O5S/c1-14(2)16-8-10-17(11-9-16)31(28,29)23-13-12-20(26)24-25-22(27)21-15(3)18-6-4-5-7-19(18)30-21/h4-11,14,23H,12-13H2,1-3H3,(H,24,26)(H,25,27). The van der Waals surface area contributed by atoms with Crippen molar-refractivity contribution < 1.29 is 22.4 Å². The first-order chi connectivity index (χ1) is 14.7. The quantitative estimate of drug-likeness (QED) is 0.485. The lowest BCUT2D eigenvalue weighted by molar-refractivity contribution is -0.121. The molecule has 3 rings (SSSR count). The number of para-hydroxylation sites is 1. The third-order valence-electron chi connectivity index (χ3n) is 4.87. The highest BCUT2D eigenvalue weighted by Crippen LogP contribution is 2.24. The molecule has 31 heavy (non-hydrogen) atoms. The number of carbonyl (C=O) groups is 2. The number of fused-ring (bicyclic) bond motifs is 1. The smallest absolute Gasteiger partial charge is 0.305 e. The van der Waals surface area contributed by atoms with Crippen molar-refractivity contribution in [3.8, 4) is 0 Å². The molecule has 0 fully saturated rings. The summed E-state index contributed by atoms with van der Waals surface area (Å²) < 4.78 is 32.6. The number of hydrogen-bond donors (Lipinski definition) is 3. The molecule has 1 aromatic heterocycles. The zero-order valence-electron chi connectivity index (χ0n) is 17.6. The van der Waals surface area contributed by atoms with Crippen LogP contribution < -0.4 is 15.6 Å². The van der Waals surface area contributed by atoms with Crippen LogP contribution in [0.5, 0.6) is 0 Å². The Labute approximate surface area is 181 Å². The Bertz CT molecular complexity index is 1200. The van der Waals surface area contributed by atoms with E-state index in [4.69, 9.17) is 4.42 Å². The lowest BCUT2D eigenvalue weighted by atomic mass is 10.0. The molecule has 0 radical (unpaired) electrons. The van der Waals surface area contributed by atoms with E-state index in [0.717, 1.165) is 10.9 Å². The average Bonchev–Trinajstić information content (AvgIpc) is 3.09. The molecule has 2 amide bonds. The van der Waals surface area contributed by atoms with Gasteiger partial charge in [0.1, 0.15) is 5.58 Å².